The molecule has 100 valence electrons. The molecule has 0 unspecified atom stereocenters. The van der Waals surface area contributed by atoms with Gasteiger partial charge in [-0.3, -0.25) is 4.79 Å². The molecule has 6 heteroatoms. The van der Waals surface area contributed by atoms with Gasteiger partial charge in [-0.1, -0.05) is 12.1 Å². The standard InChI is InChI=1S/C13H17N5O/c1-14-6-5-13(19)17-12-4-2-3-11(7-12)8-18-10-15-9-16-18/h2-4,7,9-10,14H,5-6,8H2,1H3,(H,17,19). The van der Waals surface area contributed by atoms with E-state index in [9.17, 15) is 4.79 Å². The summed E-state index contributed by atoms with van der Waals surface area (Å²) in [6, 6.07) is 7.73. The molecule has 0 saturated carbocycles. The molecule has 1 aromatic heterocycles. The molecule has 2 N–H and O–H groups in total. The van der Waals surface area contributed by atoms with Crippen LogP contribution in [0.2, 0.25) is 0 Å². The normalized spacial score (nSPS) is 10.4. The van der Waals surface area contributed by atoms with Gasteiger partial charge < -0.3 is 10.6 Å². The fourth-order valence-electron chi connectivity index (χ4n) is 1.71. The van der Waals surface area contributed by atoms with E-state index >= 15 is 0 Å². The van der Waals surface area contributed by atoms with Crippen molar-refractivity contribution in [3.05, 3.63) is 42.5 Å². The van der Waals surface area contributed by atoms with Gasteiger partial charge in [0.15, 0.2) is 0 Å². The van der Waals surface area contributed by atoms with Crippen molar-refractivity contribution in [2.75, 3.05) is 18.9 Å². The van der Waals surface area contributed by atoms with Crippen LogP contribution in [0.1, 0.15) is 12.0 Å². The lowest BCUT2D eigenvalue weighted by molar-refractivity contribution is -0.116. The molecule has 0 aliphatic heterocycles. The number of hydrogen-bond acceptors (Lipinski definition) is 4. The van der Waals surface area contributed by atoms with Crippen LogP contribution in [0.3, 0.4) is 0 Å². The predicted octanol–water partition coefficient (Wildman–Crippen LogP) is 0.874. The number of anilines is 1. The SMILES string of the molecule is CNCCC(=O)Nc1cccc(Cn2cncn2)c1. The zero-order chi connectivity index (χ0) is 13.5. The van der Waals surface area contributed by atoms with Gasteiger partial charge in [0.05, 0.1) is 6.54 Å². The van der Waals surface area contributed by atoms with E-state index in [0.29, 0.717) is 19.5 Å². The highest BCUT2D eigenvalue weighted by Gasteiger charge is 2.02. The number of carbonyl (C=O) groups is 1. The summed E-state index contributed by atoms with van der Waals surface area (Å²) in [7, 11) is 1.83. The lowest BCUT2D eigenvalue weighted by Crippen LogP contribution is -2.18. The molecule has 0 fully saturated rings. The molecule has 1 aromatic carbocycles. The van der Waals surface area contributed by atoms with Crippen LogP contribution in [0.25, 0.3) is 0 Å². The first-order chi connectivity index (χ1) is 9.28. The van der Waals surface area contributed by atoms with Gasteiger partial charge in [0, 0.05) is 18.7 Å². The van der Waals surface area contributed by atoms with E-state index in [1.807, 2.05) is 31.3 Å². The van der Waals surface area contributed by atoms with Crippen molar-refractivity contribution >= 4 is 11.6 Å². The Morgan fingerprint density at radius 3 is 3.05 bits per heavy atom. The summed E-state index contributed by atoms with van der Waals surface area (Å²) in [6.45, 7) is 1.31. The van der Waals surface area contributed by atoms with E-state index in [4.69, 9.17) is 0 Å². The van der Waals surface area contributed by atoms with Gasteiger partial charge >= 0.3 is 0 Å². The molecule has 2 aromatic rings. The third kappa shape index (κ3) is 4.18. The first kappa shape index (κ1) is 13.2. The molecule has 2 rings (SSSR count). The van der Waals surface area contributed by atoms with Gasteiger partial charge in [0.25, 0.3) is 0 Å². The van der Waals surface area contributed by atoms with Gasteiger partial charge in [-0.05, 0) is 24.7 Å². The second kappa shape index (κ2) is 6.65. The van der Waals surface area contributed by atoms with Crippen molar-refractivity contribution in [1.29, 1.82) is 0 Å². The topological polar surface area (TPSA) is 71.8 Å². The highest BCUT2D eigenvalue weighted by atomic mass is 16.1. The van der Waals surface area contributed by atoms with Crippen LogP contribution < -0.4 is 10.6 Å². The second-order valence-corrected chi connectivity index (χ2v) is 4.20. The number of amides is 1. The number of carbonyl (C=O) groups excluding carboxylic acids is 1. The Kier molecular flexibility index (Phi) is 4.63. The smallest absolute Gasteiger partial charge is 0.225 e. The van der Waals surface area contributed by atoms with Gasteiger partial charge in [-0.15, -0.1) is 0 Å². The third-order valence-electron chi connectivity index (χ3n) is 2.62. The Morgan fingerprint density at radius 1 is 1.42 bits per heavy atom. The van der Waals surface area contributed by atoms with Crippen molar-refractivity contribution in [2.24, 2.45) is 0 Å². The maximum absolute atomic E-state index is 11.6. The molecule has 0 atom stereocenters. The Balaban J connectivity index is 1.97. The molecule has 0 aliphatic carbocycles. The Morgan fingerprint density at radius 2 is 2.32 bits per heavy atom. The predicted molar refractivity (Wildman–Crippen MR) is 72.7 cm³/mol. The lowest BCUT2D eigenvalue weighted by atomic mass is 10.2. The molecule has 0 aliphatic rings. The van der Waals surface area contributed by atoms with Crippen LogP contribution in [0.4, 0.5) is 5.69 Å². The van der Waals surface area contributed by atoms with E-state index in [0.717, 1.165) is 11.3 Å². The first-order valence-corrected chi connectivity index (χ1v) is 6.14. The van der Waals surface area contributed by atoms with E-state index in [2.05, 4.69) is 20.7 Å². The summed E-state index contributed by atoms with van der Waals surface area (Å²) in [5, 5.41) is 9.87. The molecule has 1 amide bonds. The minimum absolute atomic E-state index is 0.00672. The van der Waals surface area contributed by atoms with Crippen LogP contribution in [0.5, 0.6) is 0 Å². The monoisotopic (exact) mass is 259 g/mol. The number of rotatable bonds is 6. The third-order valence-corrected chi connectivity index (χ3v) is 2.62. The lowest BCUT2D eigenvalue weighted by Gasteiger charge is -2.07. The van der Waals surface area contributed by atoms with Crippen LogP contribution in [-0.2, 0) is 11.3 Å². The van der Waals surface area contributed by atoms with E-state index < -0.39 is 0 Å². The summed E-state index contributed by atoms with van der Waals surface area (Å²) < 4.78 is 1.74. The Hall–Kier alpha value is -2.21. The molecule has 6 nitrogen and oxygen atoms in total. The molecule has 0 spiro atoms. The summed E-state index contributed by atoms with van der Waals surface area (Å²) in [4.78, 5) is 15.5. The minimum Gasteiger partial charge on any atom is -0.326 e. The second-order valence-electron chi connectivity index (χ2n) is 4.20. The minimum atomic E-state index is 0.00672. The maximum Gasteiger partial charge on any atom is 0.225 e. The Labute approximate surface area is 111 Å². The summed E-state index contributed by atoms with van der Waals surface area (Å²) >= 11 is 0. The van der Waals surface area contributed by atoms with Crippen molar-refractivity contribution in [1.82, 2.24) is 20.1 Å². The molecule has 0 saturated heterocycles. The number of hydrogen-bond donors (Lipinski definition) is 2. The molecular weight excluding hydrogens is 242 g/mol. The molecule has 1 heterocycles. The van der Waals surface area contributed by atoms with E-state index in [1.54, 1.807) is 11.0 Å². The highest BCUT2D eigenvalue weighted by Crippen LogP contribution is 2.11. The van der Waals surface area contributed by atoms with Crippen LogP contribution in [0, 0.1) is 0 Å². The van der Waals surface area contributed by atoms with Crippen molar-refractivity contribution in [2.45, 2.75) is 13.0 Å². The number of nitrogens with zero attached hydrogens (tertiary/aromatic N) is 3. The molecular formula is C13H17N5O. The van der Waals surface area contributed by atoms with E-state index in [1.165, 1.54) is 6.33 Å². The summed E-state index contributed by atoms with van der Waals surface area (Å²) in [5.74, 6) is 0.00672. The van der Waals surface area contributed by atoms with E-state index in [-0.39, 0.29) is 5.91 Å². The van der Waals surface area contributed by atoms with Crippen molar-refractivity contribution < 1.29 is 4.79 Å². The van der Waals surface area contributed by atoms with Gasteiger partial charge in [-0.2, -0.15) is 5.10 Å². The zero-order valence-corrected chi connectivity index (χ0v) is 10.8. The largest absolute Gasteiger partial charge is 0.326 e. The fraction of sp³-hybridized carbons (Fsp3) is 0.308. The van der Waals surface area contributed by atoms with Crippen LogP contribution >= 0.6 is 0 Å². The molecule has 0 bridgehead atoms. The van der Waals surface area contributed by atoms with Crippen molar-refractivity contribution in [3.8, 4) is 0 Å². The van der Waals surface area contributed by atoms with Crippen LogP contribution in [0.15, 0.2) is 36.9 Å². The summed E-state index contributed by atoms with van der Waals surface area (Å²) in [5.41, 5.74) is 1.87. The average Bonchev–Trinajstić information content (AvgIpc) is 2.89. The molecule has 0 radical (unpaired) electrons. The quantitative estimate of drug-likeness (QED) is 0.807. The number of aromatic nitrogens is 3. The van der Waals surface area contributed by atoms with Crippen molar-refractivity contribution in [3.63, 3.8) is 0 Å². The first-order valence-electron chi connectivity index (χ1n) is 6.14. The summed E-state index contributed by atoms with van der Waals surface area (Å²) in [6.07, 6.45) is 3.63. The number of nitrogens with one attached hydrogen (secondary N) is 2. The fourth-order valence-corrected chi connectivity index (χ4v) is 1.71. The zero-order valence-electron chi connectivity index (χ0n) is 10.8. The van der Waals surface area contributed by atoms with Gasteiger partial charge in [-0.25, -0.2) is 9.67 Å². The molecule has 19 heavy (non-hydrogen) atoms. The maximum atomic E-state index is 11.6. The average molecular weight is 259 g/mol. The van der Waals surface area contributed by atoms with Crippen LogP contribution in [-0.4, -0.2) is 34.3 Å². The van der Waals surface area contributed by atoms with Gasteiger partial charge in [0.1, 0.15) is 12.7 Å². The number of benzene rings is 1. The Bertz CT molecular complexity index is 524. The highest BCUT2D eigenvalue weighted by molar-refractivity contribution is 5.90. The van der Waals surface area contributed by atoms with Gasteiger partial charge in [0.2, 0.25) is 5.91 Å².